The van der Waals surface area contributed by atoms with Crippen LogP contribution in [0, 0.1) is 18.6 Å². The Bertz CT molecular complexity index is 1330. The van der Waals surface area contributed by atoms with Crippen LogP contribution in [0.25, 0.3) is 5.69 Å². The van der Waals surface area contributed by atoms with E-state index in [9.17, 15) is 13.6 Å². The number of amides is 1. The summed E-state index contributed by atoms with van der Waals surface area (Å²) in [6.07, 6.45) is 0. The Balaban J connectivity index is 1.52. The zero-order valence-corrected chi connectivity index (χ0v) is 20.5. The molecular weight excluding hydrogens is 486 g/mol. The number of carbonyl (C=O) groups excluding carboxylic acids is 1. The van der Waals surface area contributed by atoms with E-state index in [-0.39, 0.29) is 18.0 Å². The van der Waals surface area contributed by atoms with Gasteiger partial charge in [-0.05, 0) is 62.4 Å². The predicted molar refractivity (Wildman–Crippen MR) is 134 cm³/mol. The molecule has 186 valence electrons. The summed E-state index contributed by atoms with van der Waals surface area (Å²) < 4.78 is 40.2. The summed E-state index contributed by atoms with van der Waals surface area (Å²) >= 11 is 1.13. The van der Waals surface area contributed by atoms with Crippen LogP contribution in [0.4, 0.5) is 14.5 Å². The van der Waals surface area contributed by atoms with E-state index in [1.165, 1.54) is 6.07 Å². The van der Waals surface area contributed by atoms with Gasteiger partial charge in [0.15, 0.2) is 11.0 Å². The second-order valence-corrected chi connectivity index (χ2v) is 8.67. The quantitative estimate of drug-likeness (QED) is 0.282. The van der Waals surface area contributed by atoms with E-state index in [0.717, 1.165) is 34.8 Å². The highest BCUT2D eigenvalue weighted by atomic mass is 32.2. The SMILES string of the molecule is CCOc1ccc(-n2c(COc3ccc(C)cc3)nnc2SCC(=O)Nc2ccc(F)cc2F)cc1. The molecule has 1 aromatic heterocycles. The number of thioether (sulfide) groups is 1. The van der Waals surface area contributed by atoms with Gasteiger partial charge in [0.2, 0.25) is 5.91 Å². The van der Waals surface area contributed by atoms with E-state index in [2.05, 4.69) is 15.5 Å². The van der Waals surface area contributed by atoms with Crippen LogP contribution in [-0.2, 0) is 11.4 Å². The van der Waals surface area contributed by atoms with Crippen LogP contribution in [0.2, 0.25) is 0 Å². The molecule has 4 rings (SSSR count). The molecule has 0 aliphatic carbocycles. The molecule has 0 bridgehead atoms. The Hall–Kier alpha value is -3.92. The molecule has 3 aromatic carbocycles. The van der Waals surface area contributed by atoms with Crippen molar-refractivity contribution >= 4 is 23.4 Å². The fourth-order valence-corrected chi connectivity index (χ4v) is 4.07. The summed E-state index contributed by atoms with van der Waals surface area (Å²) in [5.41, 5.74) is 1.79. The van der Waals surface area contributed by atoms with Crippen LogP contribution in [0.5, 0.6) is 11.5 Å². The van der Waals surface area contributed by atoms with Crippen LogP contribution >= 0.6 is 11.8 Å². The molecular formula is C26H24F2N4O3S. The van der Waals surface area contributed by atoms with Crippen LogP contribution < -0.4 is 14.8 Å². The van der Waals surface area contributed by atoms with Crippen molar-refractivity contribution in [1.29, 1.82) is 0 Å². The molecule has 0 atom stereocenters. The minimum Gasteiger partial charge on any atom is -0.494 e. The third-order valence-electron chi connectivity index (χ3n) is 5.03. The molecule has 0 fully saturated rings. The van der Waals surface area contributed by atoms with Gasteiger partial charge < -0.3 is 14.8 Å². The van der Waals surface area contributed by atoms with Gasteiger partial charge >= 0.3 is 0 Å². The highest BCUT2D eigenvalue weighted by Crippen LogP contribution is 2.25. The number of rotatable bonds is 10. The van der Waals surface area contributed by atoms with Crippen molar-refractivity contribution in [3.63, 3.8) is 0 Å². The molecule has 0 aliphatic rings. The van der Waals surface area contributed by atoms with Crippen molar-refractivity contribution in [1.82, 2.24) is 14.8 Å². The third-order valence-corrected chi connectivity index (χ3v) is 5.96. The Morgan fingerprint density at radius 3 is 2.36 bits per heavy atom. The lowest BCUT2D eigenvalue weighted by Crippen LogP contribution is -2.16. The number of nitrogens with zero attached hydrogens (tertiary/aromatic N) is 3. The number of anilines is 1. The highest BCUT2D eigenvalue weighted by Gasteiger charge is 2.17. The number of aromatic nitrogens is 3. The average molecular weight is 511 g/mol. The Kier molecular flexibility index (Phi) is 8.17. The number of ether oxygens (including phenoxy) is 2. The zero-order valence-electron chi connectivity index (χ0n) is 19.7. The van der Waals surface area contributed by atoms with E-state index in [4.69, 9.17) is 9.47 Å². The zero-order chi connectivity index (χ0) is 25.5. The molecule has 0 spiro atoms. The van der Waals surface area contributed by atoms with Crippen molar-refractivity contribution in [2.24, 2.45) is 0 Å². The number of aryl methyl sites for hydroxylation is 1. The molecule has 0 saturated heterocycles. The van der Waals surface area contributed by atoms with Crippen LogP contribution in [0.1, 0.15) is 18.3 Å². The Morgan fingerprint density at radius 2 is 1.67 bits per heavy atom. The fraction of sp³-hybridized carbons (Fsp3) is 0.192. The van der Waals surface area contributed by atoms with Crippen LogP contribution in [0.15, 0.2) is 71.9 Å². The molecule has 10 heteroatoms. The molecule has 7 nitrogen and oxygen atoms in total. The van der Waals surface area contributed by atoms with Gasteiger partial charge in [-0.25, -0.2) is 8.78 Å². The number of benzene rings is 3. The van der Waals surface area contributed by atoms with Gasteiger partial charge in [-0.3, -0.25) is 9.36 Å². The van der Waals surface area contributed by atoms with Gasteiger partial charge in [0.1, 0.15) is 29.7 Å². The minimum atomic E-state index is -0.846. The summed E-state index contributed by atoms with van der Waals surface area (Å²) in [4.78, 5) is 12.4. The van der Waals surface area contributed by atoms with Gasteiger partial charge in [0.05, 0.1) is 18.0 Å². The molecule has 0 saturated carbocycles. The second-order valence-electron chi connectivity index (χ2n) is 7.72. The van der Waals surface area contributed by atoms with Crippen molar-refractivity contribution in [2.45, 2.75) is 25.6 Å². The standard InChI is InChI=1S/C26H24F2N4O3S/c1-3-34-20-11-7-19(8-12-20)32-24(15-35-21-9-4-17(2)5-10-21)30-31-26(32)36-16-25(33)29-23-13-6-18(27)14-22(23)28/h4-14H,3,15-16H2,1-2H3,(H,29,33). The first-order valence-electron chi connectivity index (χ1n) is 11.2. The van der Waals surface area contributed by atoms with Gasteiger partial charge in [-0.1, -0.05) is 29.5 Å². The van der Waals surface area contributed by atoms with Crippen molar-refractivity contribution in [3.8, 4) is 17.2 Å². The van der Waals surface area contributed by atoms with E-state index in [1.54, 1.807) is 4.57 Å². The first-order chi connectivity index (χ1) is 17.4. The molecule has 0 unspecified atom stereocenters. The summed E-state index contributed by atoms with van der Waals surface area (Å²) in [6.45, 7) is 4.60. The normalized spacial score (nSPS) is 10.8. The average Bonchev–Trinajstić information content (AvgIpc) is 3.27. The smallest absolute Gasteiger partial charge is 0.234 e. The number of hydrogen-bond donors (Lipinski definition) is 1. The molecule has 36 heavy (non-hydrogen) atoms. The van der Waals surface area contributed by atoms with Gasteiger partial charge in [-0.2, -0.15) is 0 Å². The molecule has 1 N–H and O–H groups in total. The van der Waals surface area contributed by atoms with E-state index in [1.807, 2.05) is 62.4 Å². The highest BCUT2D eigenvalue weighted by molar-refractivity contribution is 7.99. The number of hydrogen-bond acceptors (Lipinski definition) is 6. The summed E-state index contributed by atoms with van der Waals surface area (Å²) in [5.74, 6) is -0.148. The summed E-state index contributed by atoms with van der Waals surface area (Å²) in [6, 6.07) is 18.0. The monoisotopic (exact) mass is 510 g/mol. The largest absolute Gasteiger partial charge is 0.494 e. The molecule has 1 heterocycles. The predicted octanol–water partition coefficient (Wildman–Crippen LogP) is 5.56. The first kappa shape index (κ1) is 25.2. The third kappa shape index (κ3) is 6.39. The molecule has 0 radical (unpaired) electrons. The van der Waals surface area contributed by atoms with E-state index >= 15 is 0 Å². The first-order valence-corrected chi connectivity index (χ1v) is 12.2. The van der Waals surface area contributed by atoms with Crippen LogP contribution in [0.3, 0.4) is 0 Å². The molecule has 4 aromatic rings. The number of halogens is 2. The number of carbonyl (C=O) groups is 1. The Morgan fingerprint density at radius 1 is 0.972 bits per heavy atom. The minimum absolute atomic E-state index is 0.0647. The second kappa shape index (κ2) is 11.7. The van der Waals surface area contributed by atoms with Crippen molar-refractivity contribution in [3.05, 3.63) is 89.8 Å². The summed E-state index contributed by atoms with van der Waals surface area (Å²) in [7, 11) is 0. The Labute approximate surface area is 211 Å². The van der Waals surface area contributed by atoms with Crippen molar-refractivity contribution < 1.29 is 23.0 Å². The van der Waals surface area contributed by atoms with Crippen LogP contribution in [-0.4, -0.2) is 33.0 Å². The maximum absolute atomic E-state index is 13.9. The molecule has 0 aliphatic heterocycles. The van der Waals surface area contributed by atoms with Gasteiger partial charge in [0, 0.05) is 11.8 Å². The maximum Gasteiger partial charge on any atom is 0.234 e. The maximum atomic E-state index is 13.9. The van der Waals surface area contributed by atoms with Gasteiger partial charge in [-0.15, -0.1) is 10.2 Å². The lowest BCUT2D eigenvalue weighted by molar-refractivity contribution is -0.113. The topological polar surface area (TPSA) is 78.3 Å². The number of nitrogens with one attached hydrogen (secondary N) is 1. The lowest BCUT2D eigenvalue weighted by atomic mass is 10.2. The lowest BCUT2D eigenvalue weighted by Gasteiger charge is -2.12. The molecule has 1 amide bonds. The van der Waals surface area contributed by atoms with E-state index < -0.39 is 17.5 Å². The van der Waals surface area contributed by atoms with Crippen molar-refractivity contribution in [2.75, 3.05) is 17.7 Å². The summed E-state index contributed by atoms with van der Waals surface area (Å²) in [5, 5.41) is 11.4. The fourth-order valence-electron chi connectivity index (χ4n) is 3.29. The van der Waals surface area contributed by atoms with Gasteiger partial charge in [0.25, 0.3) is 0 Å². The van der Waals surface area contributed by atoms with E-state index in [0.29, 0.717) is 29.4 Å².